The molecule has 0 amide bonds. The van der Waals surface area contributed by atoms with Crippen LogP contribution >= 0.6 is 0 Å². The van der Waals surface area contributed by atoms with Gasteiger partial charge in [-0.15, -0.1) is 0 Å². The molecule has 138 valence electrons. The molecule has 0 unspecified atom stereocenters. The van der Waals surface area contributed by atoms with Crippen LogP contribution in [0.5, 0.6) is 5.75 Å². The highest BCUT2D eigenvalue weighted by molar-refractivity contribution is 6.10. The molecule has 0 saturated carbocycles. The van der Waals surface area contributed by atoms with Crippen molar-refractivity contribution in [3.05, 3.63) is 35.5 Å². The van der Waals surface area contributed by atoms with E-state index in [1.54, 1.807) is 0 Å². The summed E-state index contributed by atoms with van der Waals surface area (Å²) in [6.07, 6.45) is -2.18. The summed E-state index contributed by atoms with van der Waals surface area (Å²) in [6, 6.07) is 4.31. The number of hydrogen-bond acceptors (Lipinski definition) is 5. The molecule has 0 aliphatic rings. The first-order chi connectivity index (χ1) is 12.4. The van der Waals surface area contributed by atoms with E-state index in [2.05, 4.69) is 10.7 Å². The number of aldehydes is 2. The van der Waals surface area contributed by atoms with Gasteiger partial charge >= 0.3 is 6.18 Å². The molecule has 6 nitrogen and oxygen atoms in total. The molecule has 0 saturated heterocycles. The number of pyridine rings is 1. The van der Waals surface area contributed by atoms with Crippen molar-refractivity contribution in [1.82, 2.24) is 9.55 Å². The summed E-state index contributed by atoms with van der Waals surface area (Å²) < 4.78 is 45.3. The Bertz CT molecular complexity index is 965. The number of carbonyl (C=O) groups is 2. The largest absolute Gasteiger partial charge is 0.494 e. The molecule has 0 spiro atoms. The molecular formula is C17H16F3N3O3. The van der Waals surface area contributed by atoms with Crippen LogP contribution in [0.15, 0.2) is 24.4 Å². The van der Waals surface area contributed by atoms with Gasteiger partial charge in [-0.3, -0.25) is 14.6 Å². The number of ether oxygens (including phenoxy) is 1. The number of benzene rings is 1. The maximum Gasteiger partial charge on any atom is 0.406 e. The SMILES string of the molecule is CN.COc1c(C=O)cnc2c3cc(C=O)ccc3n(CC(F)(F)F)c12. The lowest BCUT2D eigenvalue weighted by Gasteiger charge is -2.13. The predicted molar refractivity (Wildman–Crippen MR) is 90.7 cm³/mol. The minimum Gasteiger partial charge on any atom is -0.494 e. The first-order valence-corrected chi connectivity index (χ1v) is 7.43. The number of alkyl halides is 3. The third-order valence-corrected chi connectivity index (χ3v) is 3.68. The zero-order valence-electron chi connectivity index (χ0n) is 14.0. The fourth-order valence-corrected chi connectivity index (χ4v) is 2.76. The number of hydrogen-bond donors (Lipinski definition) is 1. The van der Waals surface area contributed by atoms with E-state index in [4.69, 9.17) is 4.74 Å². The van der Waals surface area contributed by atoms with Gasteiger partial charge in [0.15, 0.2) is 12.0 Å². The number of nitrogens with two attached hydrogens (primary N) is 1. The highest BCUT2D eigenvalue weighted by atomic mass is 19.4. The van der Waals surface area contributed by atoms with Crippen molar-refractivity contribution < 1.29 is 27.5 Å². The minimum atomic E-state index is -4.48. The normalized spacial score (nSPS) is 11.2. The maximum absolute atomic E-state index is 13.0. The molecule has 2 aromatic heterocycles. The Labute approximate surface area is 146 Å². The van der Waals surface area contributed by atoms with Crippen molar-refractivity contribution >= 4 is 34.5 Å². The van der Waals surface area contributed by atoms with E-state index < -0.39 is 12.7 Å². The predicted octanol–water partition coefficient (Wildman–Crippen LogP) is 2.96. The molecule has 3 rings (SSSR count). The van der Waals surface area contributed by atoms with Crippen molar-refractivity contribution in [1.29, 1.82) is 0 Å². The van der Waals surface area contributed by atoms with Crippen molar-refractivity contribution in [2.45, 2.75) is 12.7 Å². The van der Waals surface area contributed by atoms with E-state index in [1.165, 1.54) is 38.6 Å². The molecule has 1 aromatic carbocycles. The molecule has 0 bridgehead atoms. The number of methoxy groups -OCH3 is 1. The van der Waals surface area contributed by atoms with Gasteiger partial charge in [0.1, 0.15) is 18.3 Å². The second-order valence-corrected chi connectivity index (χ2v) is 5.16. The molecule has 0 radical (unpaired) electrons. The van der Waals surface area contributed by atoms with Gasteiger partial charge in [-0.25, -0.2) is 0 Å². The lowest BCUT2D eigenvalue weighted by atomic mass is 10.1. The summed E-state index contributed by atoms with van der Waals surface area (Å²) >= 11 is 0. The van der Waals surface area contributed by atoms with Gasteiger partial charge in [-0.05, 0) is 25.2 Å². The molecule has 0 atom stereocenters. The molecule has 9 heteroatoms. The minimum absolute atomic E-state index is 0.0168. The average molecular weight is 367 g/mol. The Kier molecular flexibility index (Phi) is 5.61. The summed E-state index contributed by atoms with van der Waals surface area (Å²) in [5.74, 6) is 0.0168. The molecule has 0 aliphatic carbocycles. The summed E-state index contributed by atoms with van der Waals surface area (Å²) in [4.78, 5) is 26.2. The Morgan fingerprint density at radius 1 is 1.23 bits per heavy atom. The van der Waals surface area contributed by atoms with Crippen LogP contribution in [-0.4, -0.2) is 42.5 Å². The molecule has 3 aromatic rings. The van der Waals surface area contributed by atoms with Gasteiger partial charge in [-0.2, -0.15) is 13.2 Å². The van der Waals surface area contributed by atoms with Crippen LogP contribution in [0.25, 0.3) is 21.9 Å². The van der Waals surface area contributed by atoms with Crippen LogP contribution in [0, 0.1) is 0 Å². The van der Waals surface area contributed by atoms with Gasteiger partial charge in [0.05, 0.1) is 23.7 Å². The van der Waals surface area contributed by atoms with Gasteiger partial charge in [0.25, 0.3) is 0 Å². The smallest absolute Gasteiger partial charge is 0.406 e. The summed E-state index contributed by atoms with van der Waals surface area (Å²) in [6.45, 7) is -1.27. The topological polar surface area (TPSA) is 87.2 Å². The Morgan fingerprint density at radius 3 is 2.46 bits per heavy atom. The Balaban J connectivity index is 0.00000117. The molecule has 0 aliphatic heterocycles. The first-order valence-electron chi connectivity index (χ1n) is 7.43. The third-order valence-electron chi connectivity index (χ3n) is 3.68. The van der Waals surface area contributed by atoms with E-state index in [0.717, 1.165) is 4.57 Å². The zero-order valence-corrected chi connectivity index (χ0v) is 14.0. The Hall–Kier alpha value is -2.94. The number of nitrogens with zero attached hydrogens (tertiary/aromatic N) is 2. The highest BCUT2D eigenvalue weighted by Crippen LogP contribution is 2.37. The standard InChI is InChI=1S/C16H11F3N2O3.CH5N/c1-24-15-10(7-23)5-20-13-11-4-9(6-22)2-3-12(11)21(14(13)15)8-16(17,18)19;1-2/h2-7H,8H2,1H3;2H2,1H3. The van der Waals surface area contributed by atoms with E-state index in [9.17, 15) is 22.8 Å². The van der Waals surface area contributed by atoms with Crippen molar-refractivity contribution in [2.24, 2.45) is 5.73 Å². The van der Waals surface area contributed by atoms with E-state index in [0.29, 0.717) is 23.5 Å². The lowest BCUT2D eigenvalue weighted by molar-refractivity contribution is -0.139. The zero-order chi connectivity index (χ0) is 19.5. The molecular weight excluding hydrogens is 351 g/mol. The van der Waals surface area contributed by atoms with E-state index >= 15 is 0 Å². The van der Waals surface area contributed by atoms with Crippen LogP contribution < -0.4 is 10.5 Å². The quantitative estimate of drug-likeness (QED) is 0.717. The van der Waals surface area contributed by atoms with Gasteiger partial charge in [0.2, 0.25) is 0 Å². The van der Waals surface area contributed by atoms with Gasteiger partial charge in [0, 0.05) is 17.1 Å². The average Bonchev–Trinajstić information content (AvgIpc) is 2.94. The summed E-state index contributed by atoms with van der Waals surface area (Å²) in [5, 5.41) is 0.384. The lowest BCUT2D eigenvalue weighted by Crippen LogP contribution is -2.17. The van der Waals surface area contributed by atoms with Gasteiger partial charge in [-0.1, -0.05) is 0 Å². The van der Waals surface area contributed by atoms with Crippen molar-refractivity contribution in [2.75, 3.05) is 14.2 Å². The molecule has 0 fully saturated rings. The fraction of sp³-hybridized carbons (Fsp3) is 0.235. The Morgan fingerprint density at radius 2 is 1.92 bits per heavy atom. The second kappa shape index (κ2) is 7.52. The van der Waals surface area contributed by atoms with Crippen LogP contribution in [-0.2, 0) is 6.54 Å². The van der Waals surface area contributed by atoms with Gasteiger partial charge < -0.3 is 15.0 Å². The summed E-state index contributed by atoms with van der Waals surface area (Å²) in [7, 11) is 2.77. The highest BCUT2D eigenvalue weighted by Gasteiger charge is 2.31. The second-order valence-electron chi connectivity index (χ2n) is 5.16. The molecule has 26 heavy (non-hydrogen) atoms. The summed E-state index contributed by atoms with van der Waals surface area (Å²) in [5.41, 5.74) is 5.42. The number of aromatic nitrogens is 2. The monoisotopic (exact) mass is 367 g/mol. The van der Waals surface area contributed by atoms with Crippen LogP contribution in [0.3, 0.4) is 0 Å². The van der Waals surface area contributed by atoms with Crippen LogP contribution in [0.1, 0.15) is 20.7 Å². The maximum atomic E-state index is 13.0. The van der Waals surface area contributed by atoms with E-state index in [1.807, 2.05) is 0 Å². The fourth-order valence-electron chi connectivity index (χ4n) is 2.76. The number of fused-ring (bicyclic) bond motifs is 3. The van der Waals surface area contributed by atoms with Crippen LogP contribution in [0.2, 0.25) is 0 Å². The molecule has 2 N–H and O–H groups in total. The number of halogens is 3. The third kappa shape index (κ3) is 3.38. The van der Waals surface area contributed by atoms with Crippen LogP contribution in [0.4, 0.5) is 13.2 Å². The number of rotatable bonds is 4. The number of carbonyl (C=O) groups excluding carboxylic acids is 2. The van der Waals surface area contributed by atoms with Crippen molar-refractivity contribution in [3.63, 3.8) is 0 Å². The van der Waals surface area contributed by atoms with Crippen molar-refractivity contribution in [3.8, 4) is 5.75 Å². The first kappa shape index (κ1) is 19.4. The van der Waals surface area contributed by atoms with E-state index in [-0.39, 0.29) is 27.9 Å². The molecule has 2 heterocycles.